The van der Waals surface area contributed by atoms with Gasteiger partial charge in [-0.1, -0.05) is 0 Å². The van der Waals surface area contributed by atoms with Gasteiger partial charge >= 0.3 is 0 Å². The van der Waals surface area contributed by atoms with Crippen molar-refractivity contribution in [3.05, 3.63) is 21.1 Å². The van der Waals surface area contributed by atoms with E-state index in [1.165, 1.54) is 0 Å². The zero-order valence-electron chi connectivity index (χ0n) is 9.81. The molecule has 0 aliphatic carbocycles. The van der Waals surface area contributed by atoms with Gasteiger partial charge in [0.25, 0.3) is 0 Å². The maximum Gasteiger partial charge on any atom is 0.0876 e. The van der Waals surface area contributed by atoms with Crippen LogP contribution in [0.25, 0.3) is 0 Å². The van der Waals surface area contributed by atoms with E-state index in [1.807, 2.05) is 40.0 Å². The molecule has 16 heavy (non-hydrogen) atoms. The van der Waals surface area contributed by atoms with Crippen LogP contribution in [0.5, 0.6) is 0 Å². The van der Waals surface area contributed by atoms with E-state index in [9.17, 15) is 0 Å². The molecule has 0 aromatic heterocycles. The first-order valence-electron chi connectivity index (χ1n) is 4.93. The van der Waals surface area contributed by atoms with Crippen LogP contribution < -0.4 is 5.32 Å². The van der Waals surface area contributed by atoms with Gasteiger partial charge in [-0.2, -0.15) is 10.2 Å². The number of hydrogen-bond donors (Lipinski definition) is 1. The molecule has 5 heteroatoms. The van der Waals surface area contributed by atoms with Gasteiger partial charge in [0.15, 0.2) is 0 Å². The van der Waals surface area contributed by atoms with E-state index >= 15 is 0 Å². The summed E-state index contributed by atoms with van der Waals surface area (Å²) in [6.07, 6.45) is 0. The molecule has 1 N–H and O–H groups in total. The van der Waals surface area contributed by atoms with Gasteiger partial charge in [-0.05, 0) is 64.8 Å². The predicted molar refractivity (Wildman–Crippen MR) is 75.7 cm³/mol. The lowest BCUT2D eigenvalue weighted by atomic mass is 10.1. The molecule has 1 rings (SSSR count). The number of nitrogens with zero attached hydrogens (tertiary/aromatic N) is 2. The maximum atomic E-state index is 4.23. The molecule has 0 saturated heterocycles. The molecule has 0 atom stereocenters. The van der Waals surface area contributed by atoms with E-state index in [0.717, 1.165) is 20.3 Å². The molecule has 0 aliphatic heterocycles. The van der Waals surface area contributed by atoms with Gasteiger partial charge < -0.3 is 5.32 Å². The molecule has 0 amide bonds. The Morgan fingerprint density at radius 1 is 1.12 bits per heavy atom. The number of hydrogen-bond acceptors (Lipinski definition) is 3. The first kappa shape index (κ1) is 13.6. The Bertz CT molecular complexity index is 385. The normalized spacial score (nSPS) is 12.1. The molecule has 3 nitrogen and oxygen atoms in total. The Kier molecular flexibility index (Phi) is 4.50. The van der Waals surface area contributed by atoms with Gasteiger partial charge in [-0.25, -0.2) is 0 Å². The topological polar surface area (TPSA) is 36.8 Å². The standard InChI is InChI=1S/C11H15Br2N3/c1-11(2,3)16-15-7-5-8(12)10(14-4)9(13)6-7/h5-6,14H,1-4H3. The quantitative estimate of drug-likeness (QED) is 0.738. The third kappa shape index (κ3) is 3.87. The van der Waals surface area contributed by atoms with Gasteiger partial charge in [-0.15, -0.1) is 0 Å². The molecule has 0 unspecified atom stereocenters. The fourth-order valence-electron chi connectivity index (χ4n) is 1.06. The monoisotopic (exact) mass is 347 g/mol. The van der Waals surface area contributed by atoms with Gasteiger partial charge in [0.05, 0.1) is 16.9 Å². The molecule has 1 aromatic rings. The van der Waals surface area contributed by atoms with Crippen molar-refractivity contribution < 1.29 is 0 Å². The third-order valence-corrected chi connectivity index (χ3v) is 2.99. The van der Waals surface area contributed by atoms with Crippen LogP contribution in [0.15, 0.2) is 31.3 Å². The molecule has 0 saturated carbocycles. The highest BCUT2D eigenvalue weighted by molar-refractivity contribution is 9.11. The number of azo groups is 1. The number of nitrogens with one attached hydrogen (secondary N) is 1. The van der Waals surface area contributed by atoms with E-state index in [4.69, 9.17) is 0 Å². The summed E-state index contributed by atoms with van der Waals surface area (Å²) >= 11 is 6.97. The zero-order valence-corrected chi connectivity index (χ0v) is 13.0. The van der Waals surface area contributed by atoms with E-state index < -0.39 is 0 Å². The van der Waals surface area contributed by atoms with Crippen molar-refractivity contribution in [2.45, 2.75) is 26.3 Å². The molecule has 0 fully saturated rings. The predicted octanol–water partition coefficient (Wildman–Crippen LogP) is 5.14. The second-order valence-electron chi connectivity index (χ2n) is 4.41. The Hall–Kier alpha value is -0.420. The van der Waals surface area contributed by atoms with Gasteiger partial charge in [0.2, 0.25) is 0 Å². The third-order valence-electron chi connectivity index (χ3n) is 1.74. The van der Waals surface area contributed by atoms with Crippen LogP contribution in [0.2, 0.25) is 0 Å². The molecular weight excluding hydrogens is 334 g/mol. The summed E-state index contributed by atoms with van der Waals surface area (Å²) in [4.78, 5) is 0. The molecule has 0 spiro atoms. The lowest BCUT2D eigenvalue weighted by Gasteiger charge is -2.10. The summed E-state index contributed by atoms with van der Waals surface area (Å²) in [5.41, 5.74) is 1.68. The molecule has 1 aromatic carbocycles. The largest absolute Gasteiger partial charge is 0.386 e. The Labute approximate surface area is 113 Å². The second kappa shape index (κ2) is 5.27. The van der Waals surface area contributed by atoms with E-state index in [2.05, 4.69) is 47.4 Å². The first-order valence-corrected chi connectivity index (χ1v) is 6.52. The van der Waals surface area contributed by atoms with Crippen LogP contribution in [0, 0.1) is 0 Å². The van der Waals surface area contributed by atoms with Crippen LogP contribution >= 0.6 is 31.9 Å². The fraction of sp³-hybridized carbons (Fsp3) is 0.455. The summed E-state index contributed by atoms with van der Waals surface area (Å²) in [7, 11) is 1.88. The molecule has 88 valence electrons. The van der Waals surface area contributed by atoms with Crippen molar-refractivity contribution >= 4 is 43.2 Å². The van der Waals surface area contributed by atoms with Crippen molar-refractivity contribution in [2.24, 2.45) is 10.2 Å². The van der Waals surface area contributed by atoms with Gasteiger partial charge in [0.1, 0.15) is 0 Å². The number of benzene rings is 1. The molecular formula is C11H15Br2N3. The van der Waals surface area contributed by atoms with Crippen molar-refractivity contribution in [2.75, 3.05) is 12.4 Å². The highest BCUT2D eigenvalue weighted by atomic mass is 79.9. The van der Waals surface area contributed by atoms with E-state index in [1.54, 1.807) is 0 Å². The Morgan fingerprint density at radius 3 is 2.00 bits per heavy atom. The zero-order chi connectivity index (χ0) is 12.3. The summed E-state index contributed by atoms with van der Waals surface area (Å²) < 4.78 is 1.93. The number of rotatable bonds is 2. The van der Waals surface area contributed by atoms with Crippen LogP contribution in [0.4, 0.5) is 11.4 Å². The molecule has 0 bridgehead atoms. The van der Waals surface area contributed by atoms with Crippen LogP contribution in [0.1, 0.15) is 20.8 Å². The van der Waals surface area contributed by atoms with E-state index in [-0.39, 0.29) is 5.54 Å². The summed E-state index contributed by atoms with van der Waals surface area (Å²) in [5, 5.41) is 11.5. The summed E-state index contributed by atoms with van der Waals surface area (Å²) in [5.74, 6) is 0. The second-order valence-corrected chi connectivity index (χ2v) is 6.11. The van der Waals surface area contributed by atoms with Crippen molar-refractivity contribution in [3.8, 4) is 0 Å². The lowest BCUT2D eigenvalue weighted by Crippen LogP contribution is -2.07. The Balaban J connectivity index is 3.05. The fourth-order valence-corrected chi connectivity index (χ4v) is 2.62. The smallest absolute Gasteiger partial charge is 0.0876 e. The van der Waals surface area contributed by atoms with Crippen molar-refractivity contribution in [1.29, 1.82) is 0 Å². The number of anilines is 1. The average molecular weight is 349 g/mol. The van der Waals surface area contributed by atoms with Crippen LogP contribution in [0.3, 0.4) is 0 Å². The molecule has 0 radical (unpaired) electrons. The molecule has 0 heterocycles. The summed E-state index contributed by atoms with van der Waals surface area (Å²) in [6, 6.07) is 3.87. The SMILES string of the molecule is CNc1c(Br)cc(N=NC(C)(C)C)cc1Br. The summed E-state index contributed by atoms with van der Waals surface area (Å²) in [6.45, 7) is 6.05. The van der Waals surface area contributed by atoms with Crippen LogP contribution in [-0.2, 0) is 0 Å². The van der Waals surface area contributed by atoms with E-state index in [0.29, 0.717) is 0 Å². The number of halogens is 2. The minimum Gasteiger partial charge on any atom is -0.386 e. The lowest BCUT2D eigenvalue weighted by molar-refractivity contribution is 0.552. The van der Waals surface area contributed by atoms with Gasteiger partial charge in [0, 0.05) is 16.0 Å². The highest BCUT2D eigenvalue weighted by Crippen LogP contribution is 2.35. The van der Waals surface area contributed by atoms with Gasteiger partial charge in [-0.3, -0.25) is 0 Å². The maximum absolute atomic E-state index is 4.23. The first-order chi connectivity index (χ1) is 7.33. The average Bonchev–Trinajstić information content (AvgIpc) is 2.13. The minimum atomic E-state index is -0.152. The van der Waals surface area contributed by atoms with Crippen molar-refractivity contribution in [3.63, 3.8) is 0 Å². The van der Waals surface area contributed by atoms with Crippen LogP contribution in [-0.4, -0.2) is 12.6 Å². The molecule has 0 aliphatic rings. The van der Waals surface area contributed by atoms with Crippen molar-refractivity contribution in [1.82, 2.24) is 0 Å². The minimum absolute atomic E-state index is 0.152. The Morgan fingerprint density at radius 2 is 1.62 bits per heavy atom. The highest BCUT2D eigenvalue weighted by Gasteiger charge is 2.08.